The van der Waals surface area contributed by atoms with Gasteiger partial charge in [0.1, 0.15) is 4.83 Å². The lowest BCUT2D eigenvalue weighted by atomic mass is 9.98. The van der Waals surface area contributed by atoms with Crippen LogP contribution < -0.4 is 0 Å². The van der Waals surface area contributed by atoms with Crippen molar-refractivity contribution in [2.75, 3.05) is 0 Å². The number of hydrogen-bond acceptors (Lipinski definition) is 3. The van der Waals surface area contributed by atoms with Crippen molar-refractivity contribution >= 4 is 64.9 Å². The number of hydrogen-bond donors (Lipinski definition) is 0. The van der Waals surface area contributed by atoms with Gasteiger partial charge in [-0.05, 0) is 68.4 Å². The average Bonchev–Trinajstić information content (AvgIpc) is 3.67. The number of thiophene rings is 1. The van der Waals surface area contributed by atoms with Gasteiger partial charge in [0.05, 0.1) is 16.7 Å². The molecule has 0 unspecified atom stereocenters. The molecule has 0 aliphatic carbocycles. The van der Waals surface area contributed by atoms with E-state index in [0.29, 0.717) is 5.95 Å². The first-order chi connectivity index (χ1) is 20.8. The van der Waals surface area contributed by atoms with Gasteiger partial charge in [-0.2, -0.15) is 0 Å². The third kappa shape index (κ3) is 3.52. The largest absolute Gasteiger partial charge is 0.278 e. The minimum absolute atomic E-state index is 0.692. The Balaban J connectivity index is 1.28. The quantitative estimate of drug-likeness (QED) is 0.218. The molecule has 3 nitrogen and oxygen atoms in total. The number of benzene rings is 6. The van der Waals surface area contributed by atoms with Crippen molar-refractivity contribution in [1.82, 2.24) is 14.5 Å². The molecule has 0 atom stereocenters. The van der Waals surface area contributed by atoms with Crippen LogP contribution in [0, 0.1) is 0 Å². The summed E-state index contributed by atoms with van der Waals surface area (Å²) in [6.07, 6.45) is 0. The molecule has 3 aromatic heterocycles. The summed E-state index contributed by atoms with van der Waals surface area (Å²) in [5.41, 5.74) is 6.62. The topological polar surface area (TPSA) is 30.7 Å². The molecule has 0 saturated heterocycles. The van der Waals surface area contributed by atoms with Crippen LogP contribution in [0.2, 0.25) is 0 Å². The van der Waals surface area contributed by atoms with E-state index in [0.717, 1.165) is 32.5 Å². The molecule has 0 saturated carbocycles. The van der Waals surface area contributed by atoms with Crippen molar-refractivity contribution < 1.29 is 0 Å². The summed E-state index contributed by atoms with van der Waals surface area (Å²) in [5.74, 6) is 0.692. The summed E-state index contributed by atoms with van der Waals surface area (Å²) in [6.45, 7) is 0. The van der Waals surface area contributed by atoms with Crippen LogP contribution in [-0.4, -0.2) is 14.5 Å². The molecule has 0 N–H and O–H groups in total. The zero-order valence-corrected chi connectivity index (χ0v) is 23.3. The molecule has 0 radical (unpaired) electrons. The lowest BCUT2D eigenvalue weighted by Crippen LogP contribution is -2.02. The van der Waals surface area contributed by atoms with E-state index >= 15 is 0 Å². The molecular weight excluding hydrogens is 531 g/mol. The molecule has 0 amide bonds. The van der Waals surface area contributed by atoms with E-state index in [1.54, 1.807) is 11.3 Å². The number of nitrogens with zero attached hydrogens (tertiary/aromatic N) is 3. The molecule has 0 aliphatic rings. The Hall–Kier alpha value is -5.32. The maximum Gasteiger partial charge on any atom is 0.236 e. The van der Waals surface area contributed by atoms with Gasteiger partial charge >= 0.3 is 0 Å². The molecule has 0 bridgehead atoms. The molecule has 6 aromatic carbocycles. The third-order valence-electron chi connectivity index (χ3n) is 8.29. The second-order valence-corrected chi connectivity index (χ2v) is 11.6. The fourth-order valence-corrected chi connectivity index (χ4v) is 7.09. The van der Waals surface area contributed by atoms with E-state index in [9.17, 15) is 0 Å². The van der Waals surface area contributed by atoms with Gasteiger partial charge in [0.2, 0.25) is 5.95 Å². The number of rotatable bonds is 3. The first kappa shape index (κ1) is 23.4. The van der Waals surface area contributed by atoms with E-state index in [2.05, 4.69) is 143 Å². The van der Waals surface area contributed by atoms with E-state index in [-0.39, 0.29) is 0 Å². The van der Waals surface area contributed by atoms with E-state index in [1.165, 1.54) is 43.4 Å². The minimum atomic E-state index is 0.692. The van der Waals surface area contributed by atoms with Gasteiger partial charge in [-0.25, -0.2) is 9.97 Å². The van der Waals surface area contributed by atoms with Crippen LogP contribution in [0.25, 0.3) is 81.9 Å². The smallest absolute Gasteiger partial charge is 0.236 e. The summed E-state index contributed by atoms with van der Waals surface area (Å²) in [6, 6.07) is 47.6. The summed E-state index contributed by atoms with van der Waals surface area (Å²) in [5, 5.41) is 10.6. The highest BCUT2D eigenvalue weighted by Gasteiger charge is 2.19. The van der Waals surface area contributed by atoms with E-state index in [4.69, 9.17) is 9.97 Å². The lowest BCUT2D eigenvalue weighted by molar-refractivity contribution is 1.02. The molecule has 0 aliphatic heterocycles. The van der Waals surface area contributed by atoms with Gasteiger partial charge in [0.15, 0.2) is 0 Å². The zero-order valence-electron chi connectivity index (χ0n) is 22.5. The molecule has 9 aromatic rings. The van der Waals surface area contributed by atoms with Crippen molar-refractivity contribution in [2.45, 2.75) is 0 Å². The summed E-state index contributed by atoms with van der Waals surface area (Å²) < 4.78 is 2.23. The minimum Gasteiger partial charge on any atom is -0.278 e. The molecule has 0 spiro atoms. The Labute approximate surface area is 246 Å². The highest BCUT2D eigenvalue weighted by atomic mass is 32.1. The Morgan fingerprint density at radius 3 is 2.14 bits per heavy atom. The third-order valence-corrected chi connectivity index (χ3v) is 9.10. The number of para-hydroxylation sites is 1. The second-order valence-electron chi connectivity index (χ2n) is 10.7. The molecule has 4 heteroatoms. The predicted octanol–water partition coefficient (Wildman–Crippen LogP) is 10.4. The molecule has 9 rings (SSSR count). The van der Waals surface area contributed by atoms with Gasteiger partial charge in [0, 0.05) is 21.7 Å². The van der Waals surface area contributed by atoms with E-state index in [1.807, 2.05) is 0 Å². The normalized spacial score (nSPS) is 11.8. The second kappa shape index (κ2) is 9.10. The van der Waals surface area contributed by atoms with Crippen LogP contribution in [0.5, 0.6) is 0 Å². The van der Waals surface area contributed by atoms with Crippen molar-refractivity contribution in [3.63, 3.8) is 0 Å². The van der Waals surface area contributed by atoms with Crippen molar-refractivity contribution in [3.05, 3.63) is 139 Å². The Morgan fingerprint density at radius 2 is 1.21 bits per heavy atom. The molecule has 3 heterocycles. The highest BCUT2D eigenvalue weighted by Crippen LogP contribution is 2.38. The SMILES string of the molecule is c1cc(-c2ccc3ccccc3c2)cc(-c2nc(-n3c4ccccc4c4c5ccccc5ccc43)nc3sccc23)c1. The van der Waals surface area contributed by atoms with Crippen molar-refractivity contribution in [1.29, 1.82) is 0 Å². The van der Waals surface area contributed by atoms with Crippen LogP contribution in [-0.2, 0) is 0 Å². The lowest BCUT2D eigenvalue weighted by Gasteiger charge is -2.11. The van der Waals surface area contributed by atoms with Gasteiger partial charge in [0.25, 0.3) is 0 Å². The maximum atomic E-state index is 5.31. The Bertz CT molecular complexity index is 2480. The average molecular weight is 554 g/mol. The first-order valence-electron chi connectivity index (χ1n) is 14.1. The predicted molar refractivity (Wildman–Crippen MR) is 178 cm³/mol. The van der Waals surface area contributed by atoms with Crippen LogP contribution in [0.4, 0.5) is 0 Å². The van der Waals surface area contributed by atoms with Crippen molar-refractivity contribution in [3.8, 4) is 28.3 Å². The number of aromatic nitrogens is 3. The van der Waals surface area contributed by atoms with Gasteiger partial charge < -0.3 is 0 Å². The number of fused-ring (bicyclic) bond motifs is 7. The fraction of sp³-hybridized carbons (Fsp3) is 0. The van der Waals surface area contributed by atoms with E-state index < -0.39 is 0 Å². The first-order valence-corrected chi connectivity index (χ1v) is 15.0. The summed E-state index contributed by atoms with van der Waals surface area (Å²) >= 11 is 1.66. The maximum absolute atomic E-state index is 5.31. The Morgan fingerprint density at radius 1 is 0.476 bits per heavy atom. The molecule has 0 fully saturated rings. The zero-order chi connectivity index (χ0) is 27.6. The van der Waals surface area contributed by atoms with Crippen LogP contribution in [0.1, 0.15) is 0 Å². The Kier molecular flexibility index (Phi) is 5.07. The van der Waals surface area contributed by atoms with Gasteiger partial charge in [-0.15, -0.1) is 11.3 Å². The molecule has 42 heavy (non-hydrogen) atoms. The molecular formula is C38H23N3S. The van der Waals surface area contributed by atoms with Crippen LogP contribution in [0.3, 0.4) is 0 Å². The highest BCUT2D eigenvalue weighted by molar-refractivity contribution is 7.16. The van der Waals surface area contributed by atoms with Crippen LogP contribution >= 0.6 is 11.3 Å². The summed E-state index contributed by atoms with van der Waals surface area (Å²) in [7, 11) is 0. The standard InChI is InChI=1S/C38H23N3S/c1-2-10-26-22-28(17-16-24(26)8-1)27-11-7-12-29(23-27)36-32-20-21-42-37(32)40-38(39-36)41-33-15-6-5-14-31(33)35-30-13-4-3-9-25(30)18-19-34(35)41/h1-23H. The van der Waals surface area contributed by atoms with Crippen molar-refractivity contribution in [2.24, 2.45) is 0 Å². The molecule has 196 valence electrons. The van der Waals surface area contributed by atoms with Gasteiger partial charge in [-0.3, -0.25) is 4.57 Å². The van der Waals surface area contributed by atoms with Gasteiger partial charge in [-0.1, -0.05) is 103 Å². The van der Waals surface area contributed by atoms with Crippen LogP contribution in [0.15, 0.2) is 139 Å². The summed E-state index contributed by atoms with van der Waals surface area (Å²) in [4.78, 5) is 11.4. The fourth-order valence-electron chi connectivity index (χ4n) is 6.33. The monoisotopic (exact) mass is 553 g/mol.